The standard InChI is InChI=1S/C40H22/c1-2-11-25-20-34-32(19-24(25)10-1)35-22-27-13-5-8-16-30(27)38-36-28-14-6-3-9-23(28)17-18-31(36)33-21-26-12-4-7-15-29(26)37(34)39(33)40(35)38/h1-22H. The molecule has 0 heteroatoms. The molecular weight excluding hydrogens is 480 g/mol. The molecule has 0 heterocycles. The van der Waals surface area contributed by atoms with Gasteiger partial charge in [0.15, 0.2) is 0 Å². The van der Waals surface area contributed by atoms with Gasteiger partial charge in [-0.15, -0.1) is 0 Å². The minimum atomic E-state index is 1.29. The summed E-state index contributed by atoms with van der Waals surface area (Å²) in [5, 5.41) is 24.0. The Balaban J connectivity index is 1.68. The normalized spacial score (nSPS) is 12.5. The molecule has 0 atom stereocenters. The van der Waals surface area contributed by atoms with Gasteiger partial charge in [0.25, 0.3) is 0 Å². The maximum Gasteiger partial charge on any atom is -0.000697 e. The molecule has 40 heavy (non-hydrogen) atoms. The molecule has 0 aromatic heterocycles. The second kappa shape index (κ2) is 7.25. The van der Waals surface area contributed by atoms with Gasteiger partial charge in [0.05, 0.1) is 0 Å². The maximum absolute atomic E-state index is 2.44. The van der Waals surface area contributed by atoms with Gasteiger partial charge in [-0.3, -0.25) is 0 Å². The molecule has 0 saturated carbocycles. The highest BCUT2D eigenvalue weighted by atomic mass is 14.2. The average molecular weight is 503 g/mol. The van der Waals surface area contributed by atoms with Crippen LogP contribution in [-0.2, 0) is 0 Å². The van der Waals surface area contributed by atoms with E-state index in [0.717, 1.165) is 0 Å². The van der Waals surface area contributed by atoms with E-state index in [1.165, 1.54) is 97.0 Å². The van der Waals surface area contributed by atoms with Gasteiger partial charge in [0.1, 0.15) is 0 Å². The van der Waals surface area contributed by atoms with Crippen LogP contribution in [0.5, 0.6) is 0 Å². The van der Waals surface area contributed by atoms with Crippen molar-refractivity contribution in [3.8, 4) is 0 Å². The lowest BCUT2D eigenvalue weighted by molar-refractivity contribution is 1.79. The molecule has 0 bridgehead atoms. The number of hydrogen-bond donors (Lipinski definition) is 0. The molecule has 0 N–H and O–H groups in total. The van der Waals surface area contributed by atoms with Crippen molar-refractivity contribution in [2.24, 2.45) is 0 Å². The molecule has 0 radical (unpaired) electrons. The molecule has 0 saturated heterocycles. The summed E-state index contributed by atoms with van der Waals surface area (Å²) in [5.41, 5.74) is 0. The quantitative estimate of drug-likeness (QED) is 0.143. The van der Waals surface area contributed by atoms with Gasteiger partial charge in [-0.1, -0.05) is 109 Å². The number of rotatable bonds is 0. The first-order valence-corrected chi connectivity index (χ1v) is 14.0. The number of hydrogen-bond acceptors (Lipinski definition) is 0. The van der Waals surface area contributed by atoms with Crippen LogP contribution in [0.25, 0.3) is 97.0 Å². The summed E-state index contributed by atoms with van der Waals surface area (Å²) in [5.74, 6) is 0. The minimum Gasteiger partial charge on any atom is -0.0616 e. The Hall–Kier alpha value is -5.20. The molecule has 0 amide bonds. The van der Waals surface area contributed by atoms with Gasteiger partial charge in [0.2, 0.25) is 0 Å². The molecule has 0 nitrogen and oxygen atoms in total. The van der Waals surface area contributed by atoms with Crippen LogP contribution in [0.3, 0.4) is 0 Å². The van der Waals surface area contributed by atoms with Crippen molar-refractivity contribution >= 4 is 97.0 Å². The van der Waals surface area contributed by atoms with Crippen molar-refractivity contribution in [3.63, 3.8) is 0 Å². The second-order valence-electron chi connectivity index (χ2n) is 11.2. The van der Waals surface area contributed by atoms with E-state index >= 15 is 0 Å². The van der Waals surface area contributed by atoms with Gasteiger partial charge in [0, 0.05) is 0 Å². The number of fused-ring (bicyclic) bond motifs is 13. The largest absolute Gasteiger partial charge is 0.0616 e. The Labute approximate surface area is 230 Å². The summed E-state index contributed by atoms with van der Waals surface area (Å²) in [7, 11) is 0. The topological polar surface area (TPSA) is 0 Å². The lowest BCUT2D eigenvalue weighted by atomic mass is 9.81. The fourth-order valence-corrected chi connectivity index (χ4v) is 7.61. The highest BCUT2D eigenvalue weighted by Gasteiger charge is 2.22. The van der Waals surface area contributed by atoms with E-state index in [2.05, 4.69) is 133 Å². The van der Waals surface area contributed by atoms with Crippen molar-refractivity contribution in [1.82, 2.24) is 0 Å². The van der Waals surface area contributed by atoms with E-state index < -0.39 is 0 Å². The first-order valence-electron chi connectivity index (χ1n) is 14.0. The zero-order valence-corrected chi connectivity index (χ0v) is 21.7. The zero-order valence-electron chi connectivity index (χ0n) is 21.7. The summed E-state index contributed by atoms with van der Waals surface area (Å²) in [6.07, 6.45) is 0. The van der Waals surface area contributed by atoms with Crippen molar-refractivity contribution in [2.75, 3.05) is 0 Å². The second-order valence-corrected chi connectivity index (χ2v) is 11.2. The van der Waals surface area contributed by atoms with Crippen molar-refractivity contribution < 1.29 is 0 Å². The molecule has 10 aromatic rings. The van der Waals surface area contributed by atoms with Crippen molar-refractivity contribution in [2.45, 2.75) is 0 Å². The Bertz CT molecular complexity index is 2690. The molecule has 10 rings (SSSR count). The van der Waals surface area contributed by atoms with E-state index in [9.17, 15) is 0 Å². The highest BCUT2D eigenvalue weighted by Crippen LogP contribution is 2.51. The summed E-state index contributed by atoms with van der Waals surface area (Å²) in [6.45, 7) is 0. The lowest BCUT2D eigenvalue weighted by Gasteiger charge is -2.22. The number of benzene rings is 10. The maximum atomic E-state index is 2.44. The Morgan fingerprint density at radius 1 is 0.200 bits per heavy atom. The summed E-state index contributed by atoms with van der Waals surface area (Å²) < 4.78 is 0. The molecule has 0 unspecified atom stereocenters. The van der Waals surface area contributed by atoms with Gasteiger partial charge >= 0.3 is 0 Å². The predicted molar refractivity (Wildman–Crippen MR) is 175 cm³/mol. The monoisotopic (exact) mass is 502 g/mol. The van der Waals surface area contributed by atoms with Crippen molar-refractivity contribution in [3.05, 3.63) is 133 Å². The van der Waals surface area contributed by atoms with E-state index in [1.54, 1.807) is 0 Å². The lowest BCUT2D eigenvalue weighted by Crippen LogP contribution is -1.93. The Morgan fingerprint density at radius 2 is 0.575 bits per heavy atom. The van der Waals surface area contributed by atoms with Gasteiger partial charge in [-0.2, -0.15) is 0 Å². The van der Waals surface area contributed by atoms with E-state index in [4.69, 9.17) is 0 Å². The molecule has 0 spiro atoms. The van der Waals surface area contributed by atoms with Crippen LogP contribution < -0.4 is 0 Å². The van der Waals surface area contributed by atoms with E-state index in [1.807, 2.05) is 0 Å². The first-order chi connectivity index (χ1) is 19.8. The van der Waals surface area contributed by atoms with E-state index in [-0.39, 0.29) is 0 Å². The minimum absolute atomic E-state index is 1.29. The predicted octanol–water partition coefficient (Wildman–Crippen LogP) is 11.5. The van der Waals surface area contributed by atoms with Crippen LogP contribution in [0, 0.1) is 0 Å². The summed E-state index contributed by atoms with van der Waals surface area (Å²) in [6, 6.07) is 50.0. The van der Waals surface area contributed by atoms with Gasteiger partial charge in [-0.25, -0.2) is 0 Å². The van der Waals surface area contributed by atoms with Crippen LogP contribution in [-0.4, -0.2) is 0 Å². The highest BCUT2D eigenvalue weighted by molar-refractivity contribution is 6.48. The smallest absolute Gasteiger partial charge is 0.000697 e. The third-order valence-corrected chi connectivity index (χ3v) is 9.26. The Kier molecular flexibility index (Phi) is 3.76. The molecule has 10 aromatic carbocycles. The Morgan fingerprint density at radius 3 is 1.25 bits per heavy atom. The fraction of sp³-hybridized carbons (Fsp3) is 0. The summed E-state index contributed by atoms with van der Waals surface area (Å²) in [4.78, 5) is 0. The average Bonchev–Trinajstić information content (AvgIpc) is 3.02. The van der Waals surface area contributed by atoms with Crippen LogP contribution >= 0.6 is 0 Å². The molecule has 0 aliphatic rings. The van der Waals surface area contributed by atoms with E-state index in [0.29, 0.717) is 0 Å². The zero-order chi connectivity index (χ0) is 25.9. The third-order valence-electron chi connectivity index (χ3n) is 9.26. The van der Waals surface area contributed by atoms with Crippen LogP contribution in [0.2, 0.25) is 0 Å². The SMILES string of the molecule is c1ccc2cc3c(cc2c1)c1cc2ccccc2c2c4c5ccccc5ccc4c4cc5ccccc5c3c4c12. The van der Waals surface area contributed by atoms with Gasteiger partial charge < -0.3 is 0 Å². The van der Waals surface area contributed by atoms with Crippen LogP contribution in [0.15, 0.2) is 133 Å². The molecular formula is C40H22. The molecule has 0 aliphatic heterocycles. The molecule has 182 valence electrons. The van der Waals surface area contributed by atoms with Gasteiger partial charge in [-0.05, 0) is 121 Å². The third kappa shape index (κ3) is 2.47. The fourth-order valence-electron chi connectivity index (χ4n) is 7.61. The van der Waals surface area contributed by atoms with Crippen molar-refractivity contribution in [1.29, 1.82) is 0 Å². The summed E-state index contributed by atoms with van der Waals surface area (Å²) >= 11 is 0. The van der Waals surface area contributed by atoms with Crippen LogP contribution in [0.1, 0.15) is 0 Å². The first kappa shape index (κ1) is 20.7. The van der Waals surface area contributed by atoms with Crippen LogP contribution in [0.4, 0.5) is 0 Å². The molecule has 0 fully saturated rings. The molecule has 0 aliphatic carbocycles.